The van der Waals surface area contributed by atoms with Crippen LogP contribution in [0.15, 0.2) is 0 Å². The molecule has 0 saturated carbocycles. The molecule has 0 saturated heterocycles. The van der Waals surface area contributed by atoms with Crippen LogP contribution in [0.1, 0.15) is 27.7 Å². The zero-order valence-electron chi connectivity index (χ0n) is 6.47. The van der Waals surface area contributed by atoms with Gasteiger partial charge >= 0.3 is 0 Å². The van der Waals surface area contributed by atoms with Crippen molar-refractivity contribution in [1.82, 2.24) is 0 Å². The van der Waals surface area contributed by atoms with E-state index in [0.717, 1.165) is 0 Å². The van der Waals surface area contributed by atoms with Gasteiger partial charge in [0.2, 0.25) is 0 Å². The van der Waals surface area contributed by atoms with E-state index in [1.165, 1.54) is 0 Å². The Morgan fingerprint density at radius 1 is 1.11 bits per heavy atom. The zero-order chi connectivity index (χ0) is 6.08. The van der Waals surface area contributed by atoms with Gasteiger partial charge in [-0.2, -0.15) is 0 Å². The standard InChI is InChI=1S/C6H13B.2ClH/c1-5(2)6(3,4)7;;/h5H,1-4H3;2*1H. The van der Waals surface area contributed by atoms with E-state index >= 15 is 0 Å². The molecule has 0 heterocycles. The summed E-state index contributed by atoms with van der Waals surface area (Å²) in [4.78, 5) is 0. The van der Waals surface area contributed by atoms with E-state index in [4.69, 9.17) is 7.85 Å². The van der Waals surface area contributed by atoms with E-state index in [1.807, 2.05) is 13.8 Å². The van der Waals surface area contributed by atoms with Gasteiger partial charge in [0.1, 0.15) is 0 Å². The van der Waals surface area contributed by atoms with Gasteiger partial charge in [0.05, 0.1) is 7.85 Å². The molecule has 3 heteroatoms. The zero-order valence-corrected chi connectivity index (χ0v) is 8.10. The second kappa shape index (κ2) is 5.43. The fourth-order valence-corrected chi connectivity index (χ4v) is 0. The smallest absolute Gasteiger partial charge is 0.0742 e. The quantitative estimate of drug-likeness (QED) is 0.529. The summed E-state index contributed by atoms with van der Waals surface area (Å²) in [7, 11) is 5.68. The Bertz CT molecular complexity index is 56.6. The molecule has 2 radical (unpaired) electrons. The Kier molecular flexibility index (Phi) is 9.85. The normalized spacial score (nSPS) is 9.89. The third kappa shape index (κ3) is 8.64. The summed E-state index contributed by atoms with van der Waals surface area (Å²) in [6, 6.07) is 0. The van der Waals surface area contributed by atoms with Gasteiger partial charge in [-0.1, -0.05) is 33.0 Å². The number of hydrogen-bond acceptors (Lipinski definition) is 0. The molecule has 0 rings (SSSR count). The molecule has 0 aromatic heterocycles. The number of hydrogen-bond donors (Lipinski definition) is 0. The van der Waals surface area contributed by atoms with Crippen LogP contribution in [0.25, 0.3) is 0 Å². The van der Waals surface area contributed by atoms with Crippen LogP contribution in [0.2, 0.25) is 5.31 Å². The lowest BCUT2D eigenvalue weighted by Gasteiger charge is -2.23. The summed E-state index contributed by atoms with van der Waals surface area (Å²) < 4.78 is 0. The van der Waals surface area contributed by atoms with Crippen molar-refractivity contribution in [3.63, 3.8) is 0 Å². The fourth-order valence-electron chi connectivity index (χ4n) is 0. The van der Waals surface area contributed by atoms with Crippen molar-refractivity contribution >= 4 is 32.7 Å². The van der Waals surface area contributed by atoms with Crippen molar-refractivity contribution in [3.8, 4) is 0 Å². The Morgan fingerprint density at radius 3 is 1.22 bits per heavy atom. The molecule has 0 unspecified atom stereocenters. The maximum absolute atomic E-state index is 5.68. The third-order valence-corrected chi connectivity index (χ3v) is 1.49. The lowest BCUT2D eigenvalue weighted by Crippen LogP contribution is -2.09. The Hall–Kier alpha value is 0.645. The molecule has 0 fully saturated rings. The van der Waals surface area contributed by atoms with Gasteiger partial charge in [-0.05, 0) is 5.92 Å². The first-order valence-electron chi connectivity index (χ1n) is 2.73. The fraction of sp³-hybridized carbons (Fsp3) is 1.00. The van der Waals surface area contributed by atoms with Crippen LogP contribution >= 0.6 is 24.8 Å². The predicted molar refractivity (Wildman–Crippen MR) is 49.1 cm³/mol. The molecule has 0 aromatic rings. The first kappa shape index (κ1) is 16.3. The van der Waals surface area contributed by atoms with Crippen molar-refractivity contribution in [1.29, 1.82) is 0 Å². The molecule has 0 spiro atoms. The highest BCUT2D eigenvalue weighted by molar-refractivity contribution is 6.14. The lowest BCUT2D eigenvalue weighted by molar-refractivity contribution is 0.480. The molecule has 0 atom stereocenters. The largest absolute Gasteiger partial charge is 0.147 e. The van der Waals surface area contributed by atoms with E-state index in [2.05, 4.69) is 13.8 Å². The van der Waals surface area contributed by atoms with E-state index < -0.39 is 0 Å². The molecule has 0 bridgehead atoms. The molecule has 0 aliphatic rings. The summed E-state index contributed by atoms with van der Waals surface area (Å²) in [5.74, 6) is 0.576. The molecule has 0 aromatic carbocycles. The molecule has 56 valence electrons. The third-order valence-electron chi connectivity index (χ3n) is 1.49. The van der Waals surface area contributed by atoms with E-state index in [1.54, 1.807) is 0 Å². The van der Waals surface area contributed by atoms with Gasteiger partial charge < -0.3 is 0 Å². The molecule has 0 aliphatic heterocycles. The van der Waals surface area contributed by atoms with Crippen molar-refractivity contribution in [2.45, 2.75) is 33.0 Å². The minimum absolute atomic E-state index is 0. The highest BCUT2D eigenvalue weighted by Crippen LogP contribution is 2.28. The summed E-state index contributed by atoms with van der Waals surface area (Å²) in [5.41, 5.74) is 0. The van der Waals surface area contributed by atoms with Crippen LogP contribution in [0, 0.1) is 5.92 Å². The molecule has 0 N–H and O–H groups in total. The van der Waals surface area contributed by atoms with Gasteiger partial charge in [-0.3, -0.25) is 0 Å². The maximum atomic E-state index is 5.68. The SMILES string of the molecule is Cl.Cl.[B]C(C)(C)C(C)C. The first-order chi connectivity index (χ1) is 2.94. The van der Waals surface area contributed by atoms with Crippen LogP contribution in [-0.4, -0.2) is 7.85 Å². The van der Waals surface area contributed by atoms with Crippen LogP contribution in [-0.2, 0) is 0 Å². The Balaban J connectivity index is -0.000000180. The maximum Gasteiger partial charge on any atom is 0.0742 e. The first-order valence-corrected chi connectivity index (χ1v) is 2.73. The predicted octanol–water partition coefficient (Wildman–Crippen LogP) is 2.85. The molecule has 0 aliphatic carbocycles. The van der Waals surface area contributed by atoms with E-state index in [-0.39, 0.29) is 30.1 Å². The highest BCUT2D eigenvalue weighted by atomic mass is 35.5. The Labute approximate surface area is 72.0 Å². The monoisotopic (exact) mass is 168 g/mol. The minimum Gasteiger partial charge on any atom is -0.147 e. The number of halogens is 2. The van der Waals surface area contributed by atoms with Crippen LogP contribution in [0.4, 0.5) is 0 Å². The molecular weight excluding hydrogens is 154 g/mol. The molecule has 0 nitrogen and oxygen atoms in total. The molecule has 0 amide bonds. The van der Waals surface area contributed by atoms with Crippen LogP contribution in [0.3, 0.4) is 0 Å². The van der Waals surface area contributed by atoms with Gasteiger partial charge in [0, 0.05) is 0 Å². The average Bonchev–Trinajstić information content (AvgIpc) is 1.31. The van der Waals surface area contributed by atoms with Crippen LogP contribution < -0.4 is 0 Å². The van der Waals surface area contributed by atoms with Gasteiger partial charge in [-0.15, -0.1) is 24.8 Å². The molecular formula is C6H15BCl2. The second-order valence-electron chi connectivity index (χ2n) is 2.98. The second-order valence-corrected chi connectivity index (χ2v) is 2.98. The topological polar surface area (TPSA) is 0 Å². The van der Waals surface area contributed by atoms with E-state index in [9.17, 15) is 0 Å². The minimum atomic E-state index is 0. The van der Waals surface area contributed by atoms with Crippen molar-refractivity contribution < 1.29 is 0 Å². The van der Waals surface area contributed by atoms with Gasteiger partial charge in [0.25, 0.3) is 0 Å². The van der Waals surface area contributed by atoms with E-state index in [0.29, 0.717) is 5.92 Å². The van der Waals surface area contributed by atoms with Crippen molar-refractivity contribution in [3.05, 3.63) is 0 Å². The van der Waals surface area contributed by atoms with Gasteiger partial charge in [0.15, 0.2) is 0 Å². The van der Waals surface area contributed by atoms with Crippen molar-refractivity contribution in [2.75, 3.05) is 0 Å². The summed E-state index contributed by atoms with van der Waals surface area (Å²) in [5, 5.41) is 0.000000000000000222. The summed E-state index contributed by atoms with van der Waals surface area (Å²) >= 11 is 0. The average molecular weight is 169 g/mol. The molecule has 9 heavy (non-hydrogen) atoms. The highest BCUT2D eigenvalue weighted by Gasteiger charge is 2.13. The lowest BCUT2D eigenvalue weighted by atomic mass is 9.65. The number of rotatable bonds is 1. The van der Waals surface area contributed by atoms with Gasteiger partial charge in [-0.25, -0.2) is 0 Å². The summed E-state index contributed by atoms with van der Waals surface area (Å²) in [6.45, 7) is 8.33. The van der Waals surface area contributed by atoms with Crippen molar-refractivity contribution in [2.24, 2.45) is 5.92 Å². The van der Waals surface area contributed by atoms with Crippen LogP contribution in [0.5, 0.6) is 0 Å². The Morgan fingerprint density at radius 2 is 1.22 bits per heavy atom. The summed E-state index contributed by atoms with van der Waals surface area (Å²) in [6.07, 6.45) is 0.